The van der Waals surface area contributed by atoms with E-state index in [-0.39, 0.29) is 51.8 Å². The lowest BCUT2D eigenvalue weighted by Crippen LogP contribution is -2.60. The van der Waals surface area contributed by atoms with Crippen LogP contribution in [0.4, 0.5) is 0 Å². The number of carbonyl (C=O) groups is 1. The fraction of sp³-hybridized carbons (Fsp3) is 0.917. The molecule has 3 unspecified atom stereocenters. The van der Waals surface area contributed by atoms with Gasteiger partial charge in [0.1, 0.15) is 6.10 Å². The van der Waals surface area contributed by atoms with Crippen molar-refractivity contribution in [3.05, 3.63) is 12.2 Å². The molecule has 5 saturated carbocycles. The largest absolute Gasteiger partial charge is 0.389 e. The van der Waals surface area contributed by atoms with Gasteiger partial charge in [-0.05, 0) is 90.8 Å². The first-order valence-corrected chi connectivity index (χ1v) is 17.8. The van der Waals surface area contributed by atoms with Crippen LogP contribution in [0.15, 0.2) is 0 Å². The monoisotopic (exact) mass is 628 g/mol. The maximum absolute atomic E-state index is 13.1. The van der Waals surface area contributed by atoms with Gasteiger partial charge in [-0.15, -0.1) is 0 Å². The number of aliphatic hydroxyl groups excluding tert-OH is 1. The molecule has 2 radical (unpaired) electrons. The Bertz CT molecular complexity index is 1200. The summed E-state index contributed by atoms with van der Waals surface area (Å²) in [5.41, 5.74) is 0.297. The second-order valence-corrected chi connectivity index (χ2v) is 17.3. The van der Waals surface area contributed by atoms with Crippen LogP contribution in [0.25, 0.3) is 0 Å². The molecule has 0 bridgehead atoms. The predicted molar refractivity (Wildman–Crippen MR) is 166 cm³/mol. The lowest BCUT2D eigenvalue weighted by Gasteiger charge is -2.63. The molecule has 5 aliphatic carbocycles. The predicted octanol–water partition coefficient (Wildman–Crippen LogP) is 4.59. The van der Waals surface area contributed by atoms with E-state index in [1.807, 2.05) is 0 Å². The molecule has 11 atom stereocenters. The number of rotatable bonds is 5. The van der Waals surface area contributed by atoms with Crippen molar-refractivity contribution in [1.82, 2.24) is 9.96 Å². The van der Waals surface area contributed by atoms with Crippen molar-refractivity contribution in [3.63, 3.8) is 0 Å². The summed E-state index contributed by atoms with van der Waals surface area (Å²) in [6.07, 6.45) is 9.29. The molecule has 0 aromatic rings. The minimum atomic E-state index is -0.678. The molecule has 8 rings (SSSR count). The van der Waals surface area contributed by atoms with Gasteiger partial charge in [0, 0.05) is 24.9 Å². The Kier molecular flexibility index (Phi) is 7.23. The highest BCUT2D eigenvalue weighted by atomic mass is 16.7. The Morgan fingerprint density at radius 3 is 2.49 bits per heavy atom. The maximum Gasteiger partial charge on any atom is 0.281 e. The third-order valence-corrected chi connectivity index (χ3v) is 15.7. The van der Waals surface area contributed by atoms with Crippen molar-refractivity contribution in [1.29, 1.82) is 0 Å². The highest BCUT2D eigenvalue weighted by molar-refractivity contribution is 5.87. The van der Waals surface area contributed by atoms with Crippen LogP contribution >= 0.6 is 0 Å². The van der Waals surface area contributed by atoms with Crippen LogP contribution in [-0.2, 0) is 28.6 Å². The van der Waals surface area contributed by atoms with Crippen molar-refractivity contribution >= 4 is 5.91 Å². The van der Waals surface area contributed by atoms with E-state index < -0.39 is 6.10 Å². The molecule has 8 fully saturated rings. The Labute approximate surface area is 269 Å². The number of ether oxygens (including phenoxy) is 4. The Balaban J connectivity index is 1.03. The van der Waals surface area contributed by atoms with Crippen molar-refractivity contribution in [3.8, 4) is 0 Å². The number of morpholine rings is 1. The number of hydrogen-bond donors (Lipinski definition) is 1. The molecule has 0 aromatic carbocycles. The first kappa shape index (κ1) is 31.5. The van der Waals surface area contributed by atoms with Gasteiger partial charge >= 0.3 is 0 Å². The Morgan fingerprint density at radius 2 is 1.78 bits per heavy atom. The standard InChI is InChI=1S/C36H56N2O7/c1-21-16-23(31(40)37(6)41-7)44-29-28(21)33(4)12-13-36-20-35(36)11-10-26(45-27-17-38(14-15-43-27)22-18-42-19-22)32(2,3)24(35)8-9-25(36)34(33,5)30(29)39/h21-22,24-28,30,39H,8-20H2,1-7H3/t21-,24+,25+,26?,27+,28?,30+,33-,34-,35-,36?/m1/s1. The molecule has 3 heterocycles. The van der Waals surface area contributed by atoms with Gasteiger partial charge in [0.15, 0.2) is 12.4 Å². The zero-order chi connectivity index (χ0) is 31.7. The quantitative estimate of drug-likeness (QED) is 0.443. The van der Waals surface area contributed by atoms with Gasteiger partial charge < -0.3 is 24.1 Å². The minimum Gasteiger partial charge on any atom is -0.389 e. The molecule has 3 saturated heterocycles. The van der Waals surface area contributed by atoms with Crippen LogP contribution in [0.2, 0.25) is 0 Å². The minimum absolute atomic E-state index is 0.0614. The summed E-state index contributed by atoms with van der Waals surface area (Å²) >= 11 is 0. The molecular weight excluding hydrogens is 572 g/mol. The number of nitrogens with zero attached hydrogens (tertiary/aromatic N) is 2. The van der Waals surface area contributed by atoms with Crippen molar-refractivity contribution in [2.45, 2.75) is 111 Å². The van der Waals surface area contributed by atoms with Gasteiger partial charge in [0.05, 0.1) is 51.7 Å². The van der Waals surface area contributed by atoms with E-state index in [2.05, 4.69) is 39.5 Å². The van der Waals surface area contributed by atoms with Gasteiger partial charge in [-0.2, -0.15) is 0 Å². The third-order valence-electron chi connectivity index (χ3n) is 15.7. The van der Waals surface area contributed by atoms with E-state index in [1.165, 1.54) is 37.9 Å². The topological polar surface area (TPSA) is 89.9 Å². The van der Waals surface area contributed by atoms with E-state index >= 15 is 0 Å². The van der Waals surface area contributed by atoms with E-state index in [9.17, 15) is 9.90 Å². The van der Waals surface area contributed by atoms with Gasteiger partial charge in [-0.25, -0.2) is 5.06 Å². The Morgan fingerprint density at radius 1 is 1.04 bits per heavy atom. The first-order chi connectivity index (χ1) is 21.3. The summed E-state index contributed by atoms with van der Waals surface area (Å²) in [5.74, 6) is 1.17. The number of fused-ring (bicyclic) bond motifs is 4. The van der Waals surface area contributed by atoms with E-state index in [0.717, 1.165) is 58.3 Å². The van der Waals surface area contributed by atoms with Gasteiger partial charge in [-0.1, -0.05) is 34.6 Å². The maximum atomic E-state index is 13.1. The average molecular weight is 629 g/mol. The van der Waals surface area contributed by atoms with Gasteiger partial charge in [0.25, 0.3) is 5.91 Å². The van der Waals surface area contributed by atoms with Gasteiger partial charge in [-0.3, -0.25) is 14.5 Å². The fourth-order valence-electron chi connectivity index (χ4n) is 13.2. The SMILES string of the molecule is CON(C)C(=O)[C]1C[C@@H](C)C2[C](O1)[C@H](O)[C@@]1(C)[C@@H]3CC[C@H]4C(C)(C)C(O[C@H]5CN(C6COC6)CCO5)CC[C@@]45CC35CC[C@]21C. The van der Waals surface area contributed by atoms with E-state index in [0.29, 0.717) is 35.8 Å². The fourth-order valence-corrected chi connectivity index (χ4v) is 13.2. The van der Waals surface area contributed by atoms with Crippen molar-refractivity contribution in [2.75, 3.05) is 47.1 Å². The van der Waals surface area contributed by atoms with Crippen molar-refractivity contribution in [2.24, 2.45) is 50.7 Å². The lowest BCUT2D eigenvalue weighted by atomic mass is 9.41. The summed E-state index contributed by atoms with van der Waals surface area (Å²) in [6, 6.07) is 0.514. The molecule has 2 spiro atoms. The summed E-state index contributed by atoms with van der Waals surface area (Å²) in [4.78, 5) is 20.8. The third kappa shape index (κ3) is 4.01. The summed E-state index contributed by atoms with van der Waals surface area (Å²) in [6.45, 7) is 16.2. The molecule has 1 N–H and O–H groups in total. The molecular formula is C36H56N2O7. The molecule has 45 heavy (non-hydrogen) atoms. The summed E-state index contributed by atoms with van der Waals surface area (Å²) < 4.78 is 25.0. The second-order valence-electron chi connectivity index (χ2n) is 17.3. The normalized spacial score (nSPS) is 51.2. The smallest absolute Gasteiger partial charge is 0.281 e. The van der Waals surface area contributed by atoms with Crippen LogP contribution < -0.4 is 0 Å². The summed E-state index contributed by atoms with van der Waals surface area (Å²) in [5, 5.41) is 13.6. The number of hydroxylamine groups is 2. The van der Waals surface area contributed by atoms with E-state index in [4.69, 9.17) is 23.8 Å². The van der Waals surface area contributed by atoms with Crippen molar-refractivity contribution < 1.29 is 33.7 Å². The lowest BCUT2D eigenvalue weighted by molar-refractivity contribution is -0.256. The molecule has 8 aliphatic rings. The van der Waals surface area contributed by atoms with Crippen LogP contribution in [0, 0.1) is 63.0 Å². The highest BCUT2D eigenvalue weighted by Gasteiger charge is 2.85. The number of aliphatic hydroxyl groups is 1. The summed E-state index contributed by atoms with van der Waals surface area (Å²) in [7, 11) is 3.11. The molecule has 9 heteroatoms. The van der Waals surface area contributed by atoms with Crippen LogP contribution in [-0.4, -0.2) is 92.6 Å². The molecule has 0 aromatic heterocycles. The number of hydrogen-bond acceptors (Lipinski definition) is 8. The van der Waals surface area contributed by atoms with Crippen LogP contribution in [0.3, 0.4) is 0 Å². The zero-order valence-electron chi connectivity index (χ0n) is 28.6. The average Bonchev–Trinajstić information content (AvgIpc) is 3.62. The first-order valence-electron chi connectivity index (χ1n) is 17.8. The highest BCUT2D eigenvalue weighted by Crippen LogP contribution is 2.89. The second kappa shape index (κ2) is 10.3. The molecule has 3 aliphatic heterocycles. The Hall–Kier alpha value is -0.810. The molecule has 9 nitrogen and oxygen atoms in total. The molecule has 1 amide bonds. The van der Waals surface area contributed by atoms with E-state index in [1.54, 1.807) is 7.05 Å². The zero-order valence-corrected chi connectivity index (χ0v) is 28.6. The number of amides is 1. The number of carbonyl (C=O) groups excluding carboxylic acids is 1. The van der Waals surface area contributed by atoms with Crippen LogP contribution in [0.5, 0.6) is 0 Å². The number of likely N-dealkylation sites (N-methyl/N-ethyl adjacent to an activating group) is 1. The van der Waals surface area contributed by atoms with Gasteiger partial charge in [0.2, 0.25) is 0 Å². The van der Waals surface area contributed by atoms with Crippen LogP contribution in [0.1, 0.15) is 86.0 Å². The molecule has 252 valence electrons.